The molecule has 1 aliphatic rings. The van der Waals surface area contributed by atoms with E-state index in [9.17, 15) is 0 Å². The zero-order valence-corrected chi connectivity index (χ0v) is 6.73. The second-order valence-corrected chi connectivity index (χ2v) is 3.17. The number of nitrogens with zero attached hydrogens (tertiary/aromatic N) is 1. The van der Waals surface area contributed by atoms with Gasteiger partial charge in [-0.3, -0.25) is 0 Å². The van der Waals surface area contributed by atoms with E-state index in [0.717, 1.165) is 18.6 Å². The first-order valence-corrected chi connectivity index (χ1v) is 4.13. The molecule has 1 fully saturated rings. The summed E-state index contributed by atoms with van der Waals surface area (Å²) in [6.07, 6.45) is 4.73. The lowest BCUT2D eigenvalue weighted by Crippen LogP contribution is -2.43. The minimum Gasteiger partial charge on any atom is -0.447 e. The molecule has 1 saturated carbocycles. The molecule has 0 aromatic carbocycles. The molecule has 0 bridgehead atoms. The van der Waals surface area contributed by atoms with E-state index in [1.165, 1.54) is 6.39 Å². The van der Waals surface area contributed by atoms with Crippen LogP contribution < -0.4 is 5.32 Å². The quantitative estimate of drug-likeness (QED) is 0.681. The zero-order chi connectivity index (χ0) is 8.39. The van der Waals surface area contributed by atoms with E-state index >= 15 is 0 Å². The van der Waals surface area contributed by atoms with Crippen LogP contribution in [0.4, 0.5) is 0 Å². The third kappa shape index (κ3) is 1.65. The van der Waals surface area contributed by atoms with Gasteiger partial charge in [-0.25, -0.2) is 4.98 Å². The fourth-order valence-electron chi connectivity index (χ4n) is 1.33. The lowest BCUT2D eigenvalue weighted by molar-refractivity contribution is 0.0612. The topological polar surface area (TPSA) is 58.3 Å². The number of rotatable bonds is 3. The second kappa shape index (κ2) is 3.25. The molecule has 66 valence electrons. The molecule has 1 aliphatic carbocycles. The summed E-state index contributed by atoms with van der Waals surface area (Å²) in [5.74, 6) is 0.844. The molecule has 2 rings (SSSR count). The molecule has 1 aromatic rings. The van der Waals surface area contributed by atoms with Gasteiger partial charge in [-0.15, -0.1) is 0 Å². The largest absolute Gasteiger partial charge is 0.447 e. The maximum atomic E-state index is 9.00. The van der Waals surface area contributed by atoms with Crippen molar-refractivity contribution < 1.29 is 9.52 Å². The molecule has 1 heterocycles. The molecule has 4 nitrogen and oxygen atoms in total. The number of aliphatic hydroxyl groups is 1. The number of hydrogen-bond donors (Lipinski definition) is 2. The Kier molecular flexibility index (Phi) is 2.10. The van der Waals surface area contributed by atoms with Gasteiger partial charge in [0.15, 0.2) is 6.39 Å². The van der Waals surface area contributed by atoms with E-state index in [1.807, 2.05) is 0 Å². The van der Waals surface area contributed by atoms with Gasteiger partial charge in [0.2, 0.25) is 0 Å². The van der Waals surface area contributed by atoms with Crippen molar-refractivity contribution in [1.82, 2.24) is 10.3 Å². The summed E-state index contributed by atoms with van der Waals surface area (Å²) in [7, 11) is 0. The van der Waals surface area contributed by atoms with Gasteiger partial charge in [0.1, 0.15) is 5.76 Å². The van der Waals surface area contributed by atoms with E-state index in [2.05, 4.69) is 10.3 Å². The van der Waals surface area contributed by atoms with Crippen LogP contribution >= 0.6 is 0 Å². The highest BCUT2D eigenvalue weighted by Gasteiger charge is 2.26. The van der Waals surface area contributed by atoms with Gasteiger partial charge in [-0.2, -0.15) is 0 Å². The molecule has 0 aliphatic heterocycles. The summed E-state index contributed by atoms with van der Waals surface area (Å²) in [6, 6.07) is 0.449. The Hall–Kier alpha value is -0.870. The summed E-state index contributed by atoms with van der Waals surface area (Å²) in [5.41, 5.74) is 0. The van der Waals surface area contributed by atoms with Crippen LogP contribution in [-0.2, 0) is 6.54 Å². The van der Waals surface area contributed by atoms with Gasteiger partial charge >= 0.3 is 0 Å². The van der Waals surface area contributed by atoms with Crippen LogP contribution in [0.25, 0.3) is 0 Å². The first kappa shape index (κ1) is 7.76. The molecule has 1 aromatic heterocycles. The molecule has 0 saturated heterocycles. The first-order chi connectivity index (χ1) is 5.84. The Bertz CT molecular complexity index is 229. The van der Waals surface area contributed by atoms with Gasteiger partial charge in [-0.1, -0.05) is 0 Å². The van der Waals surface area contributed by atoms with Gasteiger partial charge in [0.25, 0.3) is 0 Å². The fourth-order valence-corrected chi connectivity index (χ4v) is 1.33. The van der Waals surface area contributed by atoms with Gasteiger partial charge in [0, 0.05) is 6.04 Å². The Balaban J connectivity index is 1.70. The predicted molar refractivity (Wildman–Crippen MR) is 42.4 cm³/mol. The van der Waals surface area contributed by atoms with Crippen LogP contribution in [0, 0.1) is 0 Å². The Morgan fingerprint density at radius 1 is 1.67 bits per heavy atom. The molecular formula is C8H12N2O2. The zero-order valence-electron chi connectivity index (χ0n) is 6.73. The molecule has 0 radical (unpaired) electrons. The average molecular weight is 168 g/mol. The predicted octanol–water partition coefficient (Wildman–Crippen LogP) is 0.287. The molecule has 12 heavy (non-hydrogen) atoms. The normalized spacial score (nSPS) is 28.4. The lowest BCUT2D eigenvalue weighted by Gasteiger charge is -2.31. The summed E-state index contributed by atoms with van der Waals surface area (Å²) in [4.78, 5) is 3.80. The lowest BCUT2D eigenvalue weighted by atomic mass is 9.89. The molecule has 0 amide bonds. The van der Waals surface area contributed by atoms with Gasteiger partial charge < -0.3 is 14.8 Å². The number of oxazole rings is 1. The molecule has 0 atom stereocenters. The van der Waals surface area contributed by atoms with Crippen molar-refractivity contribution in [3.8, 4) is 0 Å². The van der Waals surface area contributed by atoms with Crippen molar-refractivity contribution in [1.29, 1.82) is 0 Å². The Morgan fingerprint density at radius 3 is 3.08 bits per heavy atom. The number of aromatic nitrogens is 1. The van der Waals surface area contributed by atoms with Crippen LogP contribution in [0.2, 0.25) is 0 Å². The minimum atomic E-state index is -0.0998. The Morgan fingerprint density at radius 2 is 2.50 bits per heavy atom. The molecule has 4 heteroatoms. The van der Waals surface area contributed by atoms with Crippen LogP contribution in [0.3, 0.4) is 0 Å². The highest BCUT2D eigenvalue weighted by molar-refractivity contribution is 4.91. The number of aliphatic hydroxyl groups excluding tert-OH is 1. The first-order valence-electron chi connectivity index (χ1n) is 4.13. The van der Waals surface area contributed by atoms with E-state index in [4.69, 9.17) is 9.52 Å². The van der Waals surface area contributed by atoms with Crippen molar-refractivity contribution in [2.45, 2.75) is 31.5 Å². The smallest absolute Gasteiger partial charge is 0.180 e. The molecule has 2 N–H and O–H groups in total. The van der Waals surface area contributed by atoms with Crippen molar-refractivity contribution >= 4 is 0 Å². The SMILES string of the molecule is OC1CC(NCc2cnco2)C1. The van der Waals surface area contributed by atoms with Crippen molar-refractivity contribution in [3.05, 3.63) is 18.4 Å². The summed E-state index contributed by atoms with van der Waals surface area (Å²) >= 11 is 0. The highest BCUT2D eigenvalue weighted by atomic mass is 16.3. The summed E-state index contributed by atoms with van der Waals surface area (Å²) in [6.45, 7) is 0.706. The van der Waals surface area contributed by atoms with E-state index < -0.39 is 0 Å². The second-order valence-electron chi connectivity index (χ2n) is 3.17. The van der Waals surface area contributed by atoms with Gasteiger partial charge in [-0.05, 0) is 12.8 Å². The van der Waals surface area contributed by atoms with E-state index in [0.29, 0.717) is 12.6 Å². The van der Waals surface area contributed by atoms with Crippen LogP contribution in [0.1, 0.15) is 18.6 Å². The highest BCUT2D eigenvalue weighted by Crippen LogP contribution is 2.19. The summed E-state index contributed by atoms with van der Waals surface area (Å²) in [5, 5.41) is 12.3. The van der Waals surface area contributed by atoms with Crippen molar-refractivity contribution in [3.63, 3.8) is 0 Å². The van der Waals surface area contributed by atoms with Crippen LogP contribution in [-0.4, -0.2) is 22.2 Å². The van der Waals surface area contributed by atoms with Gasteiger partial charge in [0.05, 0.1) is 18.8 Å². The van der Waals surface area contributed by atoms with Crippen LogP contribution in [0.15, 0.2) is 17.0 Å². The third-order valence-corrected chi connectivity index (χ3v) is 2.16. The monoisotopic (exact) mass is 168 g/mol. The minimum absolute atomic E-state index is 0.0998. The number of hydrogen-bond acceptors (Lipinski definition) is 4. The third-order valence-electron chi connectivity index (χ3n) is 2.16. The van der Waals surface area contributed by atoms with E-state index in [-0.39, 0.29) is 6.10 Å². The number of nitrogens with one attached hydrogen (secondary N) is 1. The fraction of sp³-hybridized carbons (Fsp3) is 0.625. The molecular weight excluding hydrogens is 156 g/mol. The average Bonchev–Trinajstić information content (AvgIpc) is 2.47. The Labute approximate surface area is 70.6 Å². The van der Waals surface area contributed by atoms with Crippen molar-refractivity contribution in [2.24, 2.45) is 0 Å². The summed E-state index contributed by atoms with van der Waals surface area (Å²) < 4.78 is 5.04. The van der Waals surface area contributed by atoms with Crippen molar-refractivity contribution in [2.75, 3.05) is 0 Å². The maximum Gasteiger partial charge on any atom is 0.180 e. The van der Waals surface area contributed by atoms with E-state index in [1.54, 1.807) is 6.20 Å². The van der Waals surface area contributed by atoms with Crippen LogP contribution in [0.5, 0.6) is 0 Å². The standard InChI is InChI=1S/C8H12N2O2/c11-7-1-6(2-7)10-4-8-3-9-5-12-8/h3,5-7,10-11H,1-2,4H2. The maximum absolute atomic E-state index is 9.00. The molecule has 0 spiro atoms. The molecule has 0 unspecified atom stereocenters.